The van der Waals surface area contributed by atoms with E-state index >= 15 is 0 Å². The molecule has 2 N–H and O–H groups in total. The lowest BCUT2D eigenvalue weighted by Crippen LogP contribution is -2.12. The van der Waals surface area contributed by atoms with Crippen LogP contribution in [0.4, 0.5) is 0 Å². The highest BCUT2D eigenvalue weighted by atomic mass is 35.5. The number of phenolic OH excluding ortho intramolecular Hbond substituents is 2. The fraction of sp³-hybridized carbons (Fsp3) is 0.130. The molecule has 0 aliphatic heterocycles. The highest BCUT2D eigenvalue weighted by Gasteiger charge is 2.17. The van der Waals surface area contributed by atoms with Crippen LogP contribution in [0.3, 0.4) is 0 Å². The molecule has 0 aliphatic rings. The van der Waals surface area contributed by atoms with E-state index in [4.69, 9.17) is 11.6 Å². The van der Waals surface area contributed by atoms with Gasteiger partial charge in [0.25, 0.3) is 0 Å². The molecule has 142 valence electrons. The lowest BCUT2D eigenvalue weighted by molar-refractivity contribution is 0.473. The van der Waals surface area contributed by atoms with Gasteiger partial charge < -0.3 is 10.2 Å². The molecule has 0 aliphatic carbocycles. The van der Waals surface area contributed by atoms with Crippen molar-refractivity contribution in [2.24, 2.45) is 9.98 Å². The van der Waals surface area contributed by atoms with Gasteiger partial charge in [-0.1, -0.05) is 48.0 Å². The summed E-state index contributed by atoms with van der Waals surface area (Å²) in [5, 5.41) is 20.6. The molecule has 5 heteroatoms. The van der Waals surface area contributed by atoms with E-state index in [0.717, 1.165) is 5.56 Å². The summed E-state index contributed by atoms with van der Waals surface area (Å²) in [5.41, 5.74) is 2.24. The van der Waals surface area contributed by atoms with Gasteiger partial charge in [0.15, 0.2) is 0 Å². The summed E-state index contributed by atoms with van der Waals surface area (Å²) in [6.07, 6.45) is 3.30. The Labute approximate surface area is 169 Å². The maximum atomic E-state index is 9.99. The molecule has 4 nitrogen and oxygen atoms in total. The van der Waals surface area contributed by atoms with Gasteiger partial charge in [0.2, 0.25) is 0 Å². The lowest BCUT2D eigenvalue weighted by atomic mass is 10.0. The number of hydrogen-bond donors (Lipinski definition) is 2. The quantitative estimate of drug-likeness (QED) is 0.550. The first-order valence-corrected chi connectivity index (χ1v) is 9.30. The highest BCUT2D eigenvalue weighted by Crippen LogP contribution is 2.26. The molecule has 0 spiro atoms. The van der Waals surface area contributed by atoms with E-state index in [1.54, 1.807) is 48.8 Å². The Balaban J connectivity index is 1.90. The third-order valence-electron chi connectivity index (χ3n) is 4.36. The van der Waals surface area contributed by atoms with Crippen molar-refractivity contribution in [1.29, 1.82) is 0 Å². The minimum atomic E-state index is -0.279. The maximum absolute atomic E-state index is 9.99. The molecular formula is C23H21ClN2O2. The number of aliphatic imine (C=N–C) groups is 2. The Morgan fingerprint density at radius 3 is 1.79 bits per heavy atom. The number of benzene rings is 3. The van der Waals surface area contributed by atoms with Crippen LogP contribution in [0.2, 0.25) is 5.02 Å². The Morgan fingerprint density at radius 1 is 0.750 bits per heavy atom. The van der Waals surface area contributed by atoms with E-state index in [0.29, 0.717) is 16.1 Å². The van der Waals surface area contributed by atoms with Gasteiger partial charge in [-0.2, -0.15) is 0 Å². The molecule has 2 atom stereocenters. The van der Waals surface area contributed by atoms with E-state index in [-0.39, 0.29) is 23.6 Å². The largest absolute Gasteiger partial charge is 0.507 e. The Kier molecular flexibility index (Phi) is 6.45. The Bertz CT molecular complexity index is 984. The second-order valence-electron chi connectivity index (χ2n) is 6.41. The summed E-state index contributed by atoms with van der Waals surface area (Å²) < 4.78 is 0. The van der Waals surface area contributed by atoms with Crippen molar-refractivity contribution in [2.45, 2.75) is 19.0 Å². The van der Waals surface area contributed by atoms with Gasteiger partial charge in [-0.25, -0.2) is 0 Å². The number of phenols is 2. The van der Waals surface area contributed by atoms with Crippen LogP contribution in [-0.4, -0.2) is 28.7 Å². The van der Waals surface area contributed by atoms with Gasteiger partial charge in [-0.3, -0.25) is 9.98 Å². The van der Waals surface area contributed by atoms with Crippen LogP contribution >= 0.6 is 11.6 Å². The van der Waals surface area contributed by atoms with Crippen molar-refractivity contribution >= 4 is 24.0 Å². The molecule has 0 radical (unpaired) electrons. The molecule has 0 bridgehead atoms. The number of para-hydroxylation sites is 2. The van der Waals surface area contributed by atoms with Gasteiger partial charge in [0.1, 0.15) is 11.5 Å². The summed E-state index contributed by atoms with van der Waals surface area (Å²) in [6.45, 7) is 1.96. The predicted molar refractivity (Wildman–Crippen MR) is 115 cm³/mol. The zero-order valence-corrected chi connectivity index (χ0v) is 16.2. The fourth-order valence-corrected chi connectivity index (χ4v) is 2.91. The number of nitrogens with zero attached hydrogens (tertiary/aromatic N) is 2. The minimum absolute atomic E-state index is 0.173. The zero-order chi connectivity index (χ0) is 19.9. The summed E-state index contributed by atoms with van der Waals surface area (Å²) in [5.74, 6) is 0.352. The third-order valence-corrected chi connectivity index (χ3v) is 4.62. The summed E-state index contributed by atoms with van der Waals surface area (Å²) in [4.78, 5) is 9.28. The monoisotopic (exact) mass is 392 g/mol. The Morgan fingerprint density at radius 2 is 1.25 bits per heavy atom. The summed E-state index contributed by atoms with van der Waals surface area (Å²) >= 11 is 6.02. The molecular weight excluding hydrogens is 372 g/mol. The topological polar surface area (TPSA) is 65.2 Å². The number of hydrogen-bond acceptors (Lipinski definition) is 4. The average molecular weight is 393 g/mol. The first kappa shape index (κ1) is 19.6. The predicted octanol–water partition coefficient (Wildman–Crippen LogP) is 5.42. The van der Waals surface area contributed by atoms with Crippen molar-refractivity contribution in [1.82, 2.24) is 0 Å². The van der Waals surface area contributed by atoms with Gasteiger partial charge in [-0.15, -0.1) is 0 Å². The number of halogens is 1. The smallest absolute Gasteiger partial charge is 0.124 e. The average Bonchev–Trinajstić information content (AvgIpc) is 2.70. The van der Waals surface area contributed by atoms with Crippen LogP contribution in [0.1, 0.15) is 29.7 Å². The second-order valence-corrected chi connectivity index (χ2v) is 6.85. The molecule has 0 saturated carbocycles. The number of rotatable bonds is 6. The van der Waals surface area contributed by atoms with E-state index in [1.165, 1.54) is 0 Å². The van der Waals surface area contributed by atoms with Crippen molar-refractivity contribution in [3.05, 3.63) is 94.5 Å². The Hall–Kier alpha value is -3.11. The van der Waals surface area contributed by atoms with E-state index < -0.39 is 0 Å². The normalized spacial score (nSPS) is 13.8. The van der Waals surface area contributed by atoms with E-state index in [9.17, 15) is 10.2 Å². The van der Waals surface area contributed by atoms with Gasteiger partial charge in [0.05, 0.1) is 12.1 Å². The van der Waals surface area contributed by atoms with Gasteiger partial charge in [-0.05, 0) is 48.9 Å². The lowest BCUT2D eigenvalue weighted by Gasteiger charge is -2.18. The van der Waals surface area contributed by atoms with Crippen LogP contribution in [0.25, 0.3) is 0 Å². The van der Waals surface area contributed by atoms with Gasteiger partial charge in [0, 0.05) is 28.6 Å². The molecule has 0 aromatic heterocycles. The van der Waals surface area contributed by atoms with Crippen LogP contribution < -0.4 is 0 Å². The van der Waals surface area contributed by atoms with Crippen LogP contribution in [0.5, 0.6) is 11.5 Å². The van der Waals surface area contributed by atoms with Crippen molar-refractivity contribution in [3.8, 4) is 11.5 Å². The van der Waals surface area contributed by atoms with Crippen molar-refractivity contribution < 1.29 is 10.2 Å². The standard InChI is InChI=1S/C23H21ClN2O2/c1-16(25-14-18-6-2-4-8-21(18)27)23(17-10-12-20(24)13-11-17)26-15-19-7-3-5-9-22(19)28/h2-16,23,27-28H,1H3/t16-,23+/m1/s1. The van der Waals surface area contributed by atoms with E-state index in [1.807, 2.05) is 43.3 Å². The molecule has 0 saturated heterocycles. The molecule has 0 amide bonds. The van der Waals surface area contributed by atoms with Crippen molar-refractivity contribution in [3.63, 3.8) is 0 Å². The summed E-state index contributed by atoms with van der Waals surface area (Å²) in [6, 6.07) is 21.1. The maximum Gasteiger partial charge on any atom is 0.124 e. The van der Waals surface area contributed by atoms with Crippen LogP contribution in [-0.2, 0) is 0 Å². The molecule has 3 aromatic carbocycles. The number of aromatic hydroxyl groups is 2. The fourth-order valence-electron chi connectivity index (χ4n) is 2.78. The molecule has 0 fully saturated rings. The minimum Gasteiger partial charge on any atom is -0.507 e. The van der Waals surface area contributed by atoms with Gasteiger partial charge >= 0.3 is 0 Å². The summed E-state index contributed by atoms with van der Waals surface area (Å²) in [7, 11) is 0. The first-order chi connectivity index (χ1) is 13.5. The molecule has 0 unspecified atom stereocenters. The van der Waals surface area contributed by atoms with Crippen molar-refractivity contribution in [2.75, 3.05) is 0 Å². The first-order valence-electron chi connectivity index (χ1n) is 8.92. The van der Waals surface area contributed by atoms with Crippen LogP contribution in [0.15, 0.2) is 82.8 Å². The molecule has 3 rings (SSSR count). The zero-order valence-electron chi connectivity index (χ0n) is 15.4. The molecule has 0 heterocycles. The molecule has 3 aromatic rings. The second kappa shape index (κ2) is 9.20. The highest BCUT2D eigenvalue weighted by molar-refractivity contribution is 6.30. The SMILES string of the molecule is C[C@@H](N=Cc1ccccc1O)[C@H](N=Cc1ccccc1O)c1ccc(Cl)cc1. The molecule has 28 heavy (non-hydrogen) atoms. The van der Waals surface area contributed by atoms with Crippen LogP contribution in [0, 0.1) is 0 Å². The third kappa shape index (κ3) is 4.99. The van der Waals surface area contributed by atoms with E-state index in [2.05, 4.69) is 9.98 Å².